The number of likely N-dealkylation sites (N-methyl/N-ethyl adjacent to an activating group) is 1. The van der Waals surface area contributed by atoms with E-state index in [0.717, 1.165) is 57.7 Å². The van der Waals surface area contributed by atoms with Gasteiger partial charge in [-0.05, 0) is 69.0 Å². The minimum atomic E-state index is 0.0803. The van der Waals surface area contributed by atoms with Crippen molar-refractivity contribution in [3.05, 3.63) is 34.9 Å². The fourth-order valence-corrected chi connectivity index (χ4v) is 3.55. The normalized spacial score (nSPS) is 19.3. The van der Waals surface area contributed by atoms with E-state index in [1.165, 1.54) is 30.4 Å². The quantitative estimate of drug-likeness (QED) is 0.844. The molecule has 0 unspecified atom stereocenters. The number of benzene rings is 1. The lowest BCUT2D eigenvalue weighted by molar-refractivity contribution is 0.0949. The smallest absolute Gasteiger partial charge is 0.251 e. The maximum atomic E-state index is 12.3. The maximum absolute atomic E-state index is 12.3. The summed E-state index contributed by atoms with van der Waals surface area (Å²) in [7, 11) is 2.18. The zero-order valence-corrected chi connectivity index (χ0v) is 14.3. The zero-order chi connectivity index (χ0) is 16.1. The van der Waals surface area contributed by atoms with Crippen LogP contribution in [0.3, 0.4) is 0 Å². The van der Waals surface area contributed by atoms with Crippen LogP contribution in [0.25, 0.3) is 0 Å². The minimum Gasteiger partial charge on any atom is -0.352 e. The fourth-order valence-electron chi connectivity index (χ4n) is 3.55. The molecule has 126 valence electrons. The van der Waals surface area contributed by atoms with Crippen LogP contribution in [0.1, 0.15) is 40.7 Å². The Morgan fingerprint density at radius 2 is 1.83 bits per heavy atom. The average molecular weight is 315 g/mol. The Kier molecular flexibility index (Phi) is 5.68. The highest BCUT2D eigenvalue weighted by Crippen LogP contribution is 2.22. The number of hydrogen-bond acceptors (Lipinski definition) is 3. The van der Waals surface area contributed by atoms with Gasteiger partial charge in [0.05, 0.1) is 0 Å². The first-order chi connectivity index (χ1) is 11.2. The van der Waals surface area contributed by atoms with E-state index in [4.69, 9.17) is 0 Å². The van der Waals surface area contributed by atoms with Gasteiger partial charge in [-0.25, -0.2) is 0 Å². The summed E-state index contributed by atoms with van der Waals surface area (Å²) in [5, 5.41) is 3.08. The molecule has 1 aliphatic carbocycles. The molecule has 1 aromatic rings. The number of piperazine rings is 1. The molecule has 0 bridgehead atoms. The summed E-state index contributed by atoms with van der Waals surface area (Å²) in [5.74, 6) is 0.0803. The lowest BCUT2D eigenvalue weighted by atomic mass is 9.90. The van der Waals surface area contributed by atoms with Crippen molar-refractivity contribution in [2.24, 2.45) is 0 Å². The van der Waals surface area contributed by atoms with E-state index in [0.29, 0.717) is 0 Å². The van der Waals surface area contributed by atoms with E-state index in [9.17, 15) is 4.79 Å². The summed E-state index contributed by atoms with van der Waals surface area (Å²) >= 11 is 0. The molecule has 0 saturated carbocycles. The second-order valence-corrected chi connectivity index (χ2v) is 6.94. The fraction of sp³-hybridized carbons (Fsp3) is 0.632. The highest BCUT2D eigenvalue weighted by molar-refractivity contribution is 5.94. The van der Waals surface area contributed by atoms with E-state index < -0.39 is 0 Å². The van der Waals surface area contributed by atoms with Gasteiger partial charge in [-0.15, -0.1) is 0 Å². The van der Waals surface area contributed by atoms with Crippen molar-refractivity contribution in [1.82, 2.24) is 15.1 Å². The number of nitrogens with zero attached hydrogens (tertiary/aromatic N) is 2. The van der Waals surface area contributed by atoms with Gasteiger partial charge >= 0.3 is 0 Å². The van der Waals surface area contributed by atoms with E-state index in [-0.39, 0.29) is 5.91 Å². The molecule has 4 nitrogen and oxygen atoms in total. The molecule has 2 aliphatic rings. The molecule has 1 amide bonds. The van der Waals surface area contributed by atoms with Crippen LogP contribution in [0.5, 0.6) is 0 Å². The summed E-state index contributed by atoms with van der Waals surface area (Å²) in [6.45, 7) is 6.45. The molecule has 1 heterocycles. The number of fused-ring (bicyclic) bond motifs is 1. The Balaban J connectivity index is 1.41. The van der Waals surface area contributed by atoms with Crippen LogP contribution in [-0.2, 0) is 12.8 Å². The largest absolute Gasteiger partial charge is 0.352 e. The Bertz CT molecular complexity index is 535. The van der Waals surface area contributed by atoms with Gasteiger partial charge in [0, 0.05) is 38.3 Å². The van der Waals surface area contributed by atoms with Crippen LogP contribution >= 0.6 is 0 Å². The average Bonchev–Trinajstić information content (AvgIpc) is 2.59. The van der Waals surface area contributed by atoms with Crippen molar-refractivity contribution in [2.75, 3.05) is 46.3 Å². The Hall–Kier alpha value is -1.39. The van der Waals surface area contributed by atoms with Crippen molar-refractivity contribution >= 4 is 5.91 Å². The minimum absolute atomic E-state index is 0.0803. The molecule has 0 spiro atoms. The number of carbonyl (C=O) groups excluding carboxylic acids is 1. The monoisotopic (exact) mass is 315 g/mol. The van der Waals surface area contributed by atoms with Gasteiger partial charge in [0.1, 0.15) is 0 Å². The Morgan fingerprint density at radius 3 is 2.61 bits per heavy atom. The van der Waals surface area contributed by atoms with Crippen LogP contribution in [0.2, 0.25) is 0 Å². The van der Waals surface area contributed by atoms with Gasteiger partial charge < -0.3 is 15.1 Å². The number of hydrogen-bond donors (Lipinski definition) is 1. The molecule has 0 atom stereocenters. The second-order valence-electron chi connectivity index (χ2n) is 6.94. The molecule has 1 fully saturated rings. The van der Waals surface area contributed by atoms with Crippen LogP contribution in [0, 0.1) is 0 Å². The topological polar surface area (TPSA) is 35.6 Å². The van der Waals surface area contributed by atoms with Crippen LogP contribution < -0.4 is 5.32 Å². The predicted molar refractivity (Wildman–Crippen MR) is 94.0 cm³/mol. The summed E-state index contributed by atoms with van der Waals surface area (Å²) in [6, 6.07) is 6.23. The van der Waals surface area contributed by atoms with Crippen LogP contribution in [-0.4, -0.2) is 62.0 Å². The van der Waals surface area contributed by atoms with E-state index in [2.05, 4.69) is 34.3 Å². The Labute approximate surface area is 139 Å². The van der Waals surface area contributed by atoms with Gasteiger partial charge in [0.15, 0.2) is 0 Å². The number of aryl methyl sites for hydroxylation is 2. The highest BCUT2D eigenvalue weighted by Gasteiger charge is 2.14. The number of rotatable bonds is 5. The molecule has 3 rings (SSSR count). The van der Waals surface area contributed by atoms with Crippen molar-refractivity contribution in [1.29, 1.82) is 0 Å². The molecule has 23 heavy (non-hydrogen) atoms. The molecule has 1 aliphatic heterocycles. The molecular formula is C19H29N3O. The lowest BCUT2D eigenvalue weighted by Gasteiger charge is -2.32. The van der Waals surface area contributed by atoms with Crippen LogP contribution in [0.15, 0.2) is 18.2 Å². The van der Waals surface area contributed by atoms with Gasteiger partial charge in [0.2, 0.25) is 0 Å². The SMILES string of the molecule is CN1CCN(CCCNC(=O)c2ccc3c(c2)CCCC3)CC1. The van der Waals surface area contributed by atoms with E-state index in [1.54, 1.807) is 0 Å². The second kappa shape index (κ2) is 7.93. The third-order valence-electron chi connectivity index (χ3n) is 5.14. The number of amides is 1. The molecule has 0 radical (unpaired) electrons. The van der Waals surface area contributed by atoms with Crippen LogP contribution in [0.4, 0.5) is 0 Å². The van der Waals surface area contributed by atoms with Gasteiger partial charge in [0.25, 0.3) is 5.91 Å². The van der Waals surface area contributed by atoms with E-state index in [1.807, 2.05) is 6.07 Å². The highest BCUT2D eigenvalue weighted by atomic mass is 16.1. The van der Waals surface area contributed by atoms with Gasteiger partial charge in [-0.2, -0.15) is 0 Å². The van der Waals surface area contributed by atoms with Crippen molar-refractivity contribution in [3.63, 3.8) is 0 Å². The maximum Gasteiger partial charge on any atom is 0.251 e. The van der Waals surface area contributed by atoms with Crippen molar-refractivity contribution < 1.29 is 4.79 Å². The lowest BCUT2D eigenvalue weighted by Crippen LogP contribution is -2.45. The summed E-state index contributed by atoms with van der Waals surface area (Å²) in [6.07, 6.45) is 5.86. The van der Waals surface area contributed by atoms with Crippen molar-refractivity contribution in [2.45, 2.75) is 32.1 Å². The standard InChI is InChI=1S/C19H29N3O/c1-21-11-13-22(14-12-21)10-4-9-20-19(23)18-8-7-16-5-2-3-6-17(16)15-18/h7-8,15H,2-6,9-14H2,1H3,(H,20,23). The third kappa shape index (κ3) is 4.55. The Morgan fingerprint density at radius 1 is 1.09 bits per heavy atom. The molecule has 0 aromatic heterocycles. The summed E-state index contributed by atoms with van der Waals surface area (Å²) < 4.78 is 0. The van der Waals surface area contributed by atoms with Crippen molar-refractivity contribution in [3.8, 4) is 0 Å². The number of carbonyl (C=O) groups is 1. The summed E-state index contributed by atoms with van der Waals surface area (Å²) in [5.41, 5.74) is 3.63. The molecular weight excluding hydrogens is 286 g/mol. The zero-order valence-electron chi connectivity index (χ0n) is 14.3. The molecule has 1 N–H and O–H groups in total. The first-order valence-corrected chi connectivity index (χ1v) is 9.03. The first-order valence-electron chi connectivity index (χ1n) is 9.03. The summed E-state index contributed by atoms with van der Waals surface area (Å²) in [4.78, 5) is 17.2. The first kappa shape index (κ1) is 16.5. The van der Waals surface area contributed by atoms with E-state index >= 15 is 0 Å². The molecule has 4 heteroatoms. The predicted octanol–water partition coefficient (Wildman–Crippen LogP) is 1.93. The van der Waals surface area contributed by atoms with Gasteiger partial charge in [-0.1, -0.05) is 6.07 Å². The molecule has 1 aromatic carbocycles. The van der Waals surface area contributed by atoms with Gasteiger partial charge in [-0.3, -0.25) is 4.79 Å². The number of nitrogens with one attached hydrogen (secondary N) is 1. The third-order valence-corrected chi connectivity index (χ3v) is 5.14. The molecule has 1 saturated heterocycles.